The predicted octanol–water partition coefficient (Wildman–Crippen LogP) is 2.51. The molecule has 7 heteroatoms. The van der Waals surface area contributed by atoms with Crippen LogP contribution in [0.5, 0.6) is 0 Å². The topological polar surface area (TPSA) is 43.1 Å². The molecule has 0 amide bonds. The number of halogens is 4. The number of nitrogens with zero attached hydrogens (tertiary/aromatic N) is 1. The van der Waals surface area contributed by atoms with Crippen LogP contribution in [0.4, 0.5) is 24.5 Å². The van der Waals surface area contributed by atoms with Gasteiger partial charge in [0.05, 0.1) is 4.92 Å². The van der Waals surface area contributed by atoms with Gasteiger partial charge in [0.15, 0.2) is 0 Å². The third kappa shape index (κ3) is 5.92. The first-order valence-corrected chi connectivity index (χ1v) is 2.91. The van der Waals surface area contributed by atoms with Crippen LogP contribution in [0.1, 0.15) is 5.56 Å². The second kappa shape index (κ2) is 9.43. The molecular weight excluding hydrogens is 206 g/mol. The molecule has 0 saturated heterocycles. The first-order valence-electron chi connectivity index (χ1n) is 2.91. The summed E-state index contributed by atoms with van der Waals surface area (Å²) in [6.45, 7) is 1.83. The molecule has 0 atom stereocenters. The van der Waals surface area contributed by atoms with Crippen LogP contribution in [-0.4, -0.2) is 4.92 Å². The van der Waals surface area contributed by atoms with Crippen molar-refractivity contribution in [2.45, 2.75) is 6.92 Å². The Morgan fingerprint density at radius 3 is 1.93 bits per heavy atom. The Morgan fingerprint density at radius 2 is 1.64 bits per heavy atom. The second-order valence-electron chi connectivity index (χ2n) is 2.10. The smallest absolute Gasteiger partial charge is 0.269 e. The van der Waals surface area contributed by atoms with Gasteiger partial charge < -0.3 is 0 Å². The molecule has 3 nitrogen and oxygen atoms in total. The SMILES string of the molecule is Cc1cccc([N+](=O)[O-])c1.F.F.F.F. The molecule has 0 aliphatic heterocycles. The highest BCUT2D eigenvalue weighted by molar-refractivity contribution is 5.33. The van der Waals surface area contributed by atoms with Crippen molar-refractivity contribution in [2.24, 2.45) is 0 Å². The van der Waals surface area contributed by atoms with E-state index in [2.05, 4.69) is 0 Å². The van der Waals surface area contributed by atoms with Crippen molar-refractivity contribution in [3.63, 3.8) is 0 Å². The van der Waals surface area contributed by atoms with E-state index in [1.165, 1.54) is 6.07 Å². The highest BCUT2D eigenvalue weighted by atomic mass is 19.0. The zero-order valence-electron chi connectivity index (χ0n) is 7.21. The van der Waals surface area contributed by atoms with Gasteiger partial charge in [-0.15, -0.1) is 0 Å². The fourth-order valence-electron chi connectivity index (χ4n) is 0.742. The van der Waals surface area contributed by atoms with E-state index in [0.717, 1.165) is 5.56 Å². The summed E-state index contributed by atoms with van der Waals surface area (Å²) >= 11 is 0. The summed E-state index contributed by atoms with van der Waals surface area (Å²) in [5.74, 6) is 0. The summed E-state index contributed by atoms with van der Waals surface area (Å²) in [5.41, 5.74) is 1.06. The van der Waals surface area contributed by atoms with E-state index in [-0.39, 0.29) is 24.5 Å². The van der Waals surface area contributed by atoms with Gasteiger partial charge in [0.2, 0.25) is 0 Å². The molecule has 1 aromatic carbocycles. The highest BCUT2D eigenvalue weighted by Gasteiger charge is 2.01. The van der Waals surface area contributed by atoms with E-state index in [9.17, 15) is 10.1 Å². The Hall–Kier alpha value is -1.66. The zero-order chi connectivity index (χ0) is 7.56. The van der Waals surface area contributed by atoms with E-state index < -0.39 is 4.92 Å². The van der Waals surface area contributed by atoms with Crippen LogP contribution < -0.4 is 0 Å². The molecular formula is C7H11F4NO2. The number of non-ortho nitro benzene ring substituents is 1. The Morgan fingerprint density at radius 1 is 1.14 bits per heavy atom. The van der Waals surface area contributed by atoms with Gasteiger partial charge in [-0.25, -0.2) is 0 Å². The monoisotopic (exact) mass is 217 g/mol. The lowest BCUT2D eigenvalue weighted by atomic mass is 10.2. The van der Waals surface area contributed by atoms with Crippen molar-refractivity contribution >= 4 is 5.69 Å². The molecule has 84 valence electrons. The first-order chi connectivity index (χ1) is 4.70. The van der Waals surface area contributed by atoms with Gasteiger partial charge in [-0.2, -0.15) is 0 Å². The van der Waals surface area contributed by atoms with Crippen molar-refractivity contribution in [1.29, 1.82) is 0 Å². The normalized spacial score (nSPS) is 6.64. The maximum Gasteiger partial charge on any atom is 0.269 e. The maximum atomic E-state index is 10.2. The molecule has 0 radical (unpaired) electrons. The van der Waals surface area contributed by atoms with Crippen LogP contribution in [0.15, 0.2) is 24.3 Å². The molecule has 0 heterocycles. The molecule has 0 unspecified atom stereocenters. The van der Waals surface area contributed by atoms with E-state index in [1.807, 2.05) is 13.0 Å². The number of aryl methyl sites for hydroxylation is 1. The average molecular weight is 217 g/mol. The van der Waals surface area contributed by atoms with Crippen molar-refractivity contribution in [2.75, 3.05) is 0 Å². The van der Waals surface area contributed by atoms with Crippen LogP contribution in [0, 0.1) is 17.0 Å². The lowest BCUT2D eigenvalue weighted by Gasteiger charge is -1.90. The largest absolute Gasteiger partial charge is 0.269 e. The minimum Gasteiger partial charge on any atom is -0.269 e. The van der Waals surface area contributed by atoms with Gasteiger partial charge in [-0.1, -0.05) is 12.1 Å². The summed E-state index contributed by atoms with van der Waals surface area (Å²) in [4.78, 5) is 9.76. The Bertz CT molecular complexity index is 270. The lowest BCUT2D eigenvalue weighted by Crippen LogP contribution is -1.86. The van der Waals surface area contributed by atoms with Crippen LogP contribution in [0.2, 0.25) is 0 Å². The van der Waals surface area contributed by atoms with Gasteiger partial charge in [0.25, 0.3) is 5.69 Å². The predicted molar refractivity (Wildman–Crippen MR) is 47.8 cm³/mol. The van der Waals surface area contributed by atoms with Crippen molar-refractivity contribution < 1.29 is 23.7 Å². The van der Waals surface area contributed by atoms with Crippen LogP contribution in [-0.2, 0) is 0 Å². The minimum atomic E-state index is -0.396. The Labute approximate surface area is 77.4 Å². The summed E-state index contributed by atoms with van der Waals surface area (Å²) in [5, 5.41) is 10.2. The van der Waals surface area contributed by atoms with E-state index >= 15 is 0 Å². The number of nitro groups is 1. The van der Waals surface area contributed by atoms with Crippen LogP contribution in [0.3, 0.4) is 0 Å². The Kier molecular flexibility index (Phi) is 15.4. The standard InChI is InChI=1S/C7H7NO2.4FH/c1-6-3-2-4-7(5-6)8(9)10;;;;/h2-5H,1H3;4*1H. The molecule has 0 aliphatic rings. The van der Waals surface area contributed by atoms with Gasteiger partial charge in [-0.3, -0.25) is 28.9 Å². The summed E-state index contributed by atoms with van der Waals surface area (Å²) < 4.78 is 0. The summed E-state index contributed by atoms with van der Waals surface area (Å²) in [6, 6.07) is 6.52. The van der Waals surface area contributed by atoms with Gasteiger partial charge >= 0.3 is 0 Å². The summed E-state index contributed by atoms with van der Waals surface area (Å²) in [6.07, 6.45) is 0. The molecule has 0 N–H and O–H groups in total. The molecule has 0 bridgehead atoms. The molecule has 0 aromatic heterocycles. The second-order valence-corrected chi connectivity index (χ2v) is 2.10. The first kappa shape index (κ1) is 22.8. The quantitative estimate of drug-likeness (QED) is 0.412. The number of rotatable bonds is 1. The van der Waals surface area contributed by atoms with E-state index in [4.69, 9.17) is 0 Å². The zero-order valence-corrected chi connectivity index (χ0v) is 7.21. The van der Waals surface area contributed by atoms with E-state index in [1.54, 1.807) is 12.1 Å². The minimum absolute atomic E-state index is 0. The molecule has 0 aliphatic carbocycles. The number of nitro benzene ring substituents is 1. The van der Waals surface area contributed by atoms with Crippen LogP contribution in [0.25, 0.3) is 0 Å². The highest BCUT2D eigenvalue weighted by Crippen LogP contribution is 2.11. The maximum absolute atomic E-state index is 10.2. The number of benzene rings is 1. The van der Waals surface area contributed by atoms with Crippen LogP contribution >= 0.6 is 0 Å². The van der Waals surface area contributed by atoms with Gasteiger partial charge in [0.1, 0.15) is 0 Å². The number of hydrogen-bond acceptors (Lipinski definition) is 2. The fraction of sp³-hybridized carbons (Fsp3) is 0.143. The molecule has 1 aromatic rings. The van der Waals surface area contributed by atoms with Crippen molar-refractivity contribution in [1.82, 2.24) is 0 Å². The van der Waals surface area contributed by atoms with Crippen molar-refractivity contribution in [3.05, 3.63) is 39.9 Å². The third-order valence-corrected chi connectivity index (χ3v) is 1.21. The molecule has 0 saturated carbocycles. The van der Waals surface area contributed by atoms with E-state index in [0.29, 0.717) is 0 Å². The molecule has 0 fully saturated rings. The third-order valence-electron chi connectivity index (χ3n) is 1.21. The number of hydrogen-bond donors (Lipinski definition) is 0. The fourth-order valence-corrected chi connectivity index (χ4v) is 0.742. The molecule has 1 rings (SSSR count). The molecule has 14 heavy (non-hydrogen) atoms. The Balaban J connectivity index is -0.000000125. The van der Waals surface area contributed by atoms with Gasteiger partial charge in [-0.05, 0) is 12.5 Å². The lowest BCUT2D eigenvalue weighted by molar-refractivity contribution is -0.384. The van der Waals surface area contributed by atoms with Gasteiger partial charge in [0, 0.05) is 12.1 Å². The molecule has 0 spiro atoms. The van der Waals surface area contributed by atoms with Crippen molar-refractivity contribution in [3.8, 4) is 0 Å². The average Bonchev–Trinajstić information content (AvgIpc) is 1.88. The summed E-state index contributed by atoms with van der Waals surface area (Å²) in [7, 11) is 0.